The molecule has 0 spiro atoms. The molecule has 9 nitrogen and oxygen atoms in total. The number of nitriles is 1. The van der Waals surface area contributed by atoms with E-state index in [1.807, 2.05) is 6.07 Å². The molecule has 1 aliphatic heterocycles. The van der Waals surface area contributed by atoms with E-state index in [0.29, 0.717) is 30.0 Å². The Kier molecular flexibility index (Phi) is 5.35. The molecule has 1 aromatic carbocycles. The molecule has 0 fully saturated rings. The summed E-state index contributed by atoms with van der Waals surface area (Å²) in [4.78, 5) is 31.1. The Labute approximate surface area is 180 Å². The molecule has 0 unspecified atom stereocenters. The number of anilines is 1. The number of nitrogens with zero attached hydrogens (tertiary/aromatic N) is 6. The molecule has 30 heavy (non-hydrogen) atoms. The van der Waals surface area contributed by atoms with Gasteiger partial charge in [-0.1, -0.05) is 34.5 Å². The van der Waals surface area contributed by atoms with Gasteiger partial charge in [0.05, 0.1) is 46.0 Å². The normalized spacial score (nSPS) is 12.8. The first kappa shape index (κ1) is 19.8. The average Bonchev–Trinajstić information content (AvgIpc) is 3.17. The quantitative estimate of drug-likeness (QED) is 0.667. The third-order valence-corrected chi connectivity index (χ3v) is 5.15. The molecule has 0 bridgehead atoms. The summed E-state index contributed by atoms with van der Waals surface area (Å²) in [5, 5.41) is 20.0. The molecule has 0 aliphatic carbocycles. The van der Waals surface area contributed by atoms with Crippen LogP contribution in [0, 0.1) is 11.3 Å². The maximum Gasteiger partial charge on any atom is 0.278 e. The maximum absolute atomic E-state index is 13.0. The Bertz CT molecular complexity index is 1180. The zero-order valence-corrected chi connectivity index (χ0v) is 16.9. The van der Waals surface area contributed by atoms with E-state index in [2.05, 4.69) is 20.6 Å². The van der Waals surface area contributed by atoms with E-state index >= 15 is 0 Å². The van der Waals surface area contributed by atoms with Crippen LogP contribution in [-0.2, 0) is 13.1 Å². The van der Waals surface area contributed by atoms with Crippen LogP contribution >= 0.6 is 23.2 Å². The summed E-state index contributed by atoms with van der Waals surface area (Å²) in [6.07, 6.45) is 2.70. The van der Waals surface area contributed by atoms with Crippen molar-refractivity contribution in [3.63, 3.8) is 0 Å². The summed E-state index contributed by atoms with van der Waals surface area (Å²) < 4.78 is 1.58. The Morgan fingerprint density at radius 1 is 1.17 bits per heavy atom. The molecule has 2 amide bonds. The number of halogens is 2. The van der Waals surface area contributed by atoms with Crippen LogP contribution in [0.3, 0.4) is 0 Å². The van der Waals surface area contributed by atoms with Gasteiger partial charge in [0.15, 0.2) is 5.69 Å². The Morgan fingerprint density at radius 3 is 2.67 bits per heavy atom. The number of pyridine rings is 1. The van der Waals surface area contributed by atoms with Crippen LogP contribution in [0.4, 0.5) is 5.69 Å². The number of aromatic nitrogens is 4. The third kappa shape index (κ3) is 3.70. The monoisotopic (exact) mass is 441 g/mol. The van der Waals surface area contributed by atoms with Crippen molar-refractivity contribution in [3.05, 3.63) is 69.2 Å². The van der Waals surface area contributed by atoms with Gasteiger partial charge in [-0.05, 0) is 18.2 Å². The lowest BCUT2D eigenvalue weighted by Gasteiger charge is -2.28. The van der Waals surface area contributed by atoms with Crippen LogP contribution in [0.15, 0.2) is 36.7 Å². The van der Waals surface area contributed by atoms with Gasteiger partial charge in [-0.15, -0.1) is 5.10 Å². The Hall–Kier alpha value is -3.48. The Balaban J connectivity index is 1.57. The van der Waals surface area contributed by atoms with Crippen LogP contribution in [0.5, 0.6) is 0 Å². The Morgan fingerprint density at radius 2 is 1.93 bits per heavy atom. The lowest BCUT2D eigenvalue weighted by molar-refractivity contribution is 0.0703. The molecule has 4 rings (SSSR count). The number of carbonyl (C=O) groups is 2. The van der Waals surface area contributed by atoms with Gasteiger partial charge in [-0.2, -0.15) is 5.26 Å². The van der Waals surface area contributed by atoms with E-state index in [9.17, 15) is 9.59 Å². The number of fused-ring (bicyclic) bond motifs is 1. The van der Waals surface area contributed by atoms with Crippen LogP contribution in [-0.4, -0.2) is 43.2 Å². The van der Waals surface area contributed by atoms with Gasteiger partial charge in [0.2, 0.25) is 0 Å². The van der Waals surface area contributed by atoms with E-state index in [0.717, 1.165) is 0 Å². The van der Waals surface area contributed by atoms with Crippen molar-refractivity contribution >= 4 is 40.7 Å². The highest BCUT2D eigenvalue weighted by molar-refractivity contribution is 6.39. The fraction of sp³-hybridized carbons (Fsp3) is 0.158. The van der Waals surface area contributed by atoms with Crippen LogP contribution in [0.1, 0.15) is 32.1 Å². The minimum atomic E-state index is -0.486. The van der Waals surface area contributed by atoms with Gasteiger partial charge < -0.3 is 10.2 Å². The number of hydrogen-bond donors (Lipinski definition) is 1. The summed E-state index contributed by atoms with van der Waals surface area (Å²) in [5.74, 6) is -0.853. The summed E-state index contributed by atoms with van der Waals surface area (Å²) in [6.45, 7) is 0.836. The summed E-state index contributed by atoms with van der Waals surface area (Å²) >= 11 is 12.2. The van der Waals surface area contributed by atoms with Crippen molar-refractivity contribution in [2.75, 3.05) is 11.9 Å². The molecule has 0 radical (unpaired) electrons. The minimum Gasteiger partial charge on any atom is -0.331 e. The predicted octanol–water partition coefficient (Wildman–Crippen LogP) is 2.76. The largest absolute Gasteiger partial charge is 0.331 e. The first-order valence-electron chi connectivity index (χ1n) is 8.80. The van der Waals surface area contributed by atoms with E-state index in [1.165, 1.54) is 17.3 Å². The van der Waals surface area contributed by atoms with Gasteiger partial charge >= 0.3 is 0 Å². The van der Waals surface area contributed by atoms with Crippen molar-refractivity contribution in [2.45, 2.75) is 13.1 Å². The van der Waals surface area contributed by atoms with Crippen LogP contribution in [0.2, 0.25) is 10.0 Å². The molecule has 0 saturated carbocycles. The lowest BCUT2D eigenvalue weighted by atomic mass is 10.1. The highest BCUT2D eigenvalue weighted by Gasteiger charge is 2.30. The highest BCUT2D eigenvalue weighted by Crippen LogP contribution is 2.26. The van der Waals surface area contributed by atoms with Crippen LogP contribution < -0.4 is 5.32 Å². The topological polar surface area (TPSA) is 117 Å². The van der Waals surface area contributed by atoms with Gasteiger partial charge in [0, 0.05) is 24.6 Å². The average molecular weight is 442 g/mol. The fourth-order valence-electron chi connectivity index (χ4n) is 3.12. The van der Waals surface area contributed by atoms with Gasteiger partial charge in [0.25, 0.3) is 11.8 Å². The molecule has 150 valence electrons. The minimum absolute atomic E-state index is 0.0989. The highest BCUT2D eigenvalue weighted by atomic mass is 35.5. The molecule has 3 aromatic rings. The number of amides is 2. The summed E-state index contributed by atoms with van der Waals surface area (Å²) in [5.41, 5.74) is 1.63. The number of benzene rings is 1. The SMILES string of the molecule is N#Cc1cccc(NC(=O)c2nnn3c2CN(C(=O)c2c(Cl)cncc2Cl)CC3)c1. The first-order chi connectivity index (χ1) is 14.5. The van der Waals surface area contributed by atoms with Gasteiger partial charge in [-0.25, -0.2) is 4.68 Å². The molecule has 1 N–H and O–H groups in total. The molecular formula is C19H13Cl2N7O2. The van der Waals surface area contributed by atoms with Gasteiger partial charge in [0.1, 0.15) is 0 Å². The van der Waals surface area contributed by atoms with Crippen molar-refractivity contribution in [1.29, 1.82) is 5.26 Å². The van der Waals surface area contributed by atoms with Crippen LogP contribution in [0.25, 0.3) is 0 Å². The van der Waals surface area contributed by atoms with Gasteiger partial charge in [-0.3, -0.25) is 14.6 Å². The summed E-state index contributed by atoms with van der Waals surface area (Å²) in [6, 6.07) is 8.53. The number of rotatable bonds is 3. The van der Waals surface area contributed by atoms with E-state index in [-0.39, 0.29) is 33.8 Å². The zero-order chi connectivity index (χ0) is 21.3. The number of hydrogen-bond acceptors (Lipinski definition) is 6. The standard InChI is InChI=1S/C19H13Cl2N7O2/c20-13-8-23-9-14(21)16(13)19(30)27-4-5-28-15(10-27)17(25-26-28)18(29)24-12-3-1-2-11(6-12)7-22/h1-3,6,8-9H,4-5,10H2,(H,24,29). The maximum atomic E-state index is 13.0. The first-order valence-corrected chi connectivity index (χ1v) is 9.55. The molecule has 11 heteroatoms. The molecule has 3 heterocycles. The second-order valence-corrected chi connectivity index (χ2v) is 7.27. The molecule has 0 saturated heterocycles. The molecular weight excluding hydrogens is 429 g/mol. The second kappa shape index (κ2) is 8.10. The third-order valence-electron chi connectivity index (χ3n) is 4.58. The second-order valence-electron chi connectivity index (χ2n) is 6.46. The molecule has 0 atom stereocenters. The smallest absolute Gasteiger partial charge is 0.278 e. The van der Waals surface area contributed by atoms with E-state index < -0.39 is 5.91 Å². The lowest BCUT2D eigenvalue weighted by Crippen LogP contribution is -2.39. The van der Waals surface area contributed by atoms with E-state index in [4.69, 9.17) is 28.5 Å². The summed E-state index contributed by atoms with van der Waals surface area (Å²) in [7, 11) is 0. The zero-order valence-electron chi connectivity index (χ0n) is 15.3. The fourth-order valence-corrected chi connectivity index (χ4v) is 3.65. The van der Waals surface area contributed by atoms with E-state index in [1.54, 1.807) is 28.9 Å². The number of nitrogens with one attached hydrogen (secondary N) is 1. The molecule has 2 aromatic heterocycles. The van der Waals surface area contributed by atoms with Crippen molar-refractivity contribution in [2.24, 2.45) is 0 Å². The van der Waals surface area contributed by atoms with Crippen molar-refractivity contribution in [1.82, 2.24) is 24.9 Å². The van der Waals surface area contributed by atoms with Crippen molar-refractivity contribution < 1.29 is 9.59 Å². The molecule has 1 aliphatic rings. The number of carbonyl (C=O) groups excluding carboxylic acids is 2. The predicted molar refractivity (Wildman–Crippen MR) is 108 cm³/mol. The van der Waals surface area contributed by atoms with Crippen molar-refractivity contribution in [3.8, 4) is 6.07 Å².